The minimum atomic E-state index is 0.503. The molecule has 1 saturated heterocycles. The Morgan fingerprint density at radius 1 is 1.27 bits per heavy atom. The van der Waals surface area contributed by atoms with Gasteiger partial charge in [0.1, 0.15) is 0 Å². The predicted molar refractivity (Wildman–Crippen MR) is 64.2 cm³/mol. The van der Waals surface area contributed by atoms with E-state index in [2.05, 4.69) is 36.4 Å². The topological polar surface area (TPSA) is 15.3 Å². The van der Waals surface area contributed by atoms with Crippen molar-refractivity contribution in [3.8, 4) is 0 Å². The van der Waals surface area contributed by atoms with Crippen LogP contribution in [0.5, 0.6) is 0 Å². The Bertz CT molecular complexity index is 317. The summed E-state index contributed by atoms with van der Waals surface area (Å²) in [4.78, 5) is 2.29. The van der Waals surface area contributed by atoms with Crippen molar-refractivity contribution < 1.29 is 0 Å². The van der Waals surface area contributed by atoms with Crippen LogP contribution in [0.3, 0.4) is 0 Å². The first-order valence-corrected chi connectivity index (χ1v) is 5.69. The number of hydrogen-bond acceptors (Lipinski definition) is 2. The molecule has 1 N–H and O–H groups in total. The Labute approximate surface area is 96.2 Å². The van der Waals surface area contributed by atoms with Crippen LogP contribution < -0.4 is 5.32 Å². The Morgan fingerprint density at radius 3 is 2.27 bits per heavy atom. The van der Waals surface area contributed by atoms with E-state index in [9.17, 15) is 0 Å². The van der Waals surface area contributed by atoms with Gasteiger partial charge in [-0.25, -0.2) is 0 Å². The van der Waals surface area contributed by atoms with Crippen LogP contribution in [-0.2, 0) is 0 Å². The van der Waals surface area contributed by atoms with Gasteiger partial charge in [0.05, 0.1) is 0 Å². The molecule has 2 rings (SSSR count). The Kier molecular flexibility index (Phi) is 3.29. The second kappa shape index (κ2) is 4.52. The highest BCUT2D eigenvalue weighted by atomic mass is 35.5. The van der Waals surface area contributed by atoms with E-state index in [1.54, 1.807) is 0 Å². The second-order valence-electron chi connectivity index (χ2n) is 4.38. The summed E-state index contributed by atoms with van der Waals surface area (Å²) in [5.74, 6) is 0.723. The van der Waals surface area contributed by atoms with Gasteiger partial charge in [-0.2, -0.15) is 0 Å². The molecule has 0 spiro atoms. The summed E-state index contributed by atoms with van der Waals surface area (Å²) in [5.41, 5.74) is 1.36. The summed E-state index contributed by atoms with van der Waals surface area (Å²) in [5, 5.41) is 4.13. The van der Waals surface area contributed by atoms with Gasteiger partial charge < -0.3 is 10.2 Å². The molecule has 1 aliphatic rings. The summed E-state index contributed by atoms with van der Waals surface area (Å²) in [6.45, 7) is 2.23. The molecule has 1 aromatic carbocycles. The lowest BCUT2D eigenvalue weighted by Gasteiger charge is -2.38. The number of rotatable bonds is 3. The van der Waals surface area contributed by atoms with E-state index in [-0.39, 0.29) is 0 Å². The highest BCUT2D eigenvalue weighted by molar-refractivity contribution is 6.30. The smallest absolute Gasteiger partial charge is 0.0406 e. The zero-order valence-electron chi connectivity index (χ0n) is 9.20. The summed E-state index contributed by atoms with van der Waals surface area (Å²) >= 11 is 5.90. The molecule has 0 aromatic heterocycles. The highest BCUT2D eigenvalue weighted by Gasteiger charge is 2.29. The summed E-state index contributed by atoms with van der Waals surface area (Å²) in [7, 11) is 4.27. The monoisotopic (exact) mass is 224 g/mol. The fourth-order valence-electron chi connectivity index (χ4n) is 2.19. The van der Waals surface area contributed by atoms with Crippen LogP contribution in [0.25, 0.3) is 0 Å². The van der Waals surface area contributed by atoms with Crippen LogP contribution in [-0.4, -0.2) is 32.1 Å². The molecule has 0 saturated carbocycles. The van der Waals surface area contributed by atoms with Gasteiger partial charge >= 0.3 is 0 Å². The Hall–Kier alpha value is -0.570. The number of benzene rings is 1. The molecule has 0 bridgehead atoms. The van der Waals surface area contributed by atoms with Crippen LogP contribution >= 0.6 is 11.6 Å². The third-order valence-corrected chi connectivity index (χ3v) is 3.28. The molecule has 15 heavy (non-hydrogen) atoms. The van der Waals surface area contributed by atoms with Crippen LogP contribution in [0.2, 0.25) is 5.02 Å². The summed E-state index contributed by atoms with van der Waals surface area (Å²) in [6, 6.07) is 8.71. The van der Waals surface area contributed by atoms with Crippen LogP contribution in [0.4, 0.5) is 0 Å². The molecule has 1 aliphatic heterocycles. The van der Waals surface area contributed by atoms with Crippen molar-refractivity contribution >= 4 is 11.6 Å². The molecule has 0 aliphatic carbocycles. The molecular formula is C12H17ClN2. The average molecular weight is 225 g/mol. The first-order chi connectivity index (χ1) is 7.18. The van der Waals surface area contributed by atoms with Gasteiger partial charge in [-0.1, -0.05) is 23.7 Å². The van der Waals surface area contributed by atoms with E-state index in [4.69, 9.17) is 11.6 Å². The molecular weight excluding hydrogens is 208 g/mol. The second-order valence-corrected chi connectivity index (χ2v) is 4.81. The van der Waals surface area contributed by atoms with Crippen molar-refractivity contribution in [2.45, 2.75) is 6.04 Å². The zero-order chi connectivity index (χ0) is 10.8. The largest absolute Gasteiger partial charge is 0.316 e. The van der Waals surface area contributed by atoms with Gasteiger partial charge in [-0.3, -0.25) is 0 Å². The lowest BCUT2D eigenvalue weighted by Crippen LogP contribution is -2.48. The molecule has 82 valence electrons. The summed E-state index contributed by atoms with van der Waals surface area (Å²) < 4.78 is 0. The van der Waals surface area contributed by atoms with E-state index in [0.717, 1.165) is 24.0 Å². The third-order valence-electron chi connectivity index (χ3n) is 3.03. The first-order valence-electron chi connectivity index (χ1n) is 5.31. The van der Waals surface area contributed by atoms with Crippen molar-refractivity contribution in [1.82, 2.24) is 10.2 Å². The maximum Gasteiger partial charge on any atom is 0.0406 e. The van der Waals surface area contributed by atoms with E-state index < -0.39 is 0 Å². The minimum absolute atomic E-state index is 0.503. The lowest BCUT2D eigenvalue weighted by molar-refractivity contribution is 0.161. The SMILES string of the molecule is CN(C)C(c1ccc(Cl)cc1)C1CNC1. The first kappa shape index (κ1) is 10.9. The van der Waals surface area contributed by atoms with E-state index >= 15 is 0 Å². The number of hydrogen-bond donors (Lipinski definition) is 1. The maximum absolute atomic E-state index is 5.90. The van der Waals surface area contributed by atoms with Gasteiger partial charge in [0.25, 0.3) is 0 Å². The highest BCUT2D eigenvalue weighted by Crippen LogP contribution is 2.29. The molecule has 1 unspecified atom stereocenters. The molecule has 1 atom stereocenters. The van der Waals surface area contributed by atoms with Crippen LogP contribution in [0, 0.1) is 5.92 Å². The lowest BCUT2D eigenvalue weighted by atomic mass is 9.88. The van der Waals surface area contributed by atoms with Gasteiger partial charge in [0, 0.05) is 30.1 Å². The van der Waals surface area contributed by atoms with E-state index in [1.165, 1.54) is 5.56 Å². The van der Waals surface area contributed by atoms with Gasteiger partial charge in [-0.05, 0) is 31.8 Å². The summed E-state index contributed by atoms with van der Waals surface area (Å²) in [6.07, 6.45) is 0. The zero-order valence-corrected chi connectivity index (χ0v) is 9.96. The number of nitrogens with one attached hydrogen (secondary N) is 1. The van der Waals surface area contributed by atoms with Crippen molar-refractivity contribution in [2.24, 2.45) is 5.92 Å². The normalized spacial score (nSPS) is 18.9. The van der Waals surface area contributed by atoms with E-state index in [1.807, 2.05) is 12.1 Å². The van der Waals surface area contributed by atoms with E-state index in [0.29, 0.717) is 6.04 Å². The van der Waals surface area contributed by atoms with Crippen molar-refractivity contribution in [3.63, 3.8) is 0 Å². The molecule has 2 nitrogen and oxygen atoms in total. The third kappa shape index (κ3) is 2.33. The average Bonchev–Trinajstić information content (AvgIpc) is 2.12. The predicted octanol–water partition coefficient (Wildman–Crippen LogP) is 2.16. The fraction of sp³-hybridized carbons (Fsp3) is 0.500. The number of halogens is 1. The molecule has 3 heteroatoms. The minimum Gasteiger partial charge on any atom is -0.316 e. The molecule has 1 aromatic rings. The van der Waals surface area contributed by atoms with Gasteiger partial charge in [-0.15, -0.1) is 0 Å². The standard InChI is InChI=1S/C12H17ClN2/c1-15(2)12(10-7-14-8-10)9-3-5-11(13)6-4-9/h3-6,10,12,14H,7-8H2,1-2H3. The van der Waals surface area contributed by atoms with Crippen LogP contribution in [0.1, 0.15) is 11.6 Å². The molecule has 1 heterocycles. The van der Waals surface area contributed by atoms with Crippen molar-refractivity contribution in [1.29, 1.82) is 0 Å². The Balaban J connectivity index is 2.19. The maximum atomic E-state index is 5.90. The van der Waals surface area contributed by atoms with Gasteiger partial charge in [0.15, 0.2) is 0 Å². The Morgan fingerprint density at radius 2 is 1.87 bits per heavy atom. The molecule has 0 radical (unpaired) electrons. The van der Waals surface area contributed by atoms with Crippen molar-refractivity contribution in [3.05, 3.63) is 34.9 Å². The van der Waals surface area contributed by atoms with Crippen molar-refractivity contribution in [2.75, 3.05) is 27.2 Å². The van der Waals surface area contributed by atoms with Gasteiger partial charge in [0.2, 0.25) is 0 Å². The molecule has 0 amide bonds. The molecule has 1 fully saturated rings. The quantitative estimate of drug-likeness (QED) is 0.847. The fourth-order valence-corrected chi connectivity index (χ4v) is 2.31. The van der Waals surface area contributed by atoms with Crippen LogP contribution in [0.15, 0.2) is 24.3 Å². The number of nitrogens with zero attached hydrogens (tertiary/aromatic N) is 1.